The number of hydrogen-bond donors (Lipinski definition) is 0. The van der Waals surface area contributed by atoms with E-state index in [2.05, 4.69) is 22.4 Å². The molecule has 7 heteroatoms. The van der Waals surface area contributed by atoms with Crippen LogP contribution in [0.25, 0.3) is 10.6 Å². The molecule has 0 radical (unpaired) electrons. The van der Waals surface area contributed by atoms with Crippen LogP contribution in [0.5, 0.6) is 5.75 Å². The van der Waals surface area contributed by atoms with Crippen LogP contribution in [0.4, 0.5) is 0 Å². The van der Waals surface area contributed by atoms with Crippen LogP contribution >= 0.6 is 22.9 Å². The van der Waals surface area contributed by atoms with Gasteiger partial charge in [0, 0.05) is 54.3 Å². The predicted molar refractivity (Wildman–Crippen MR) is 121 cm³/mol. The minimum Gasteiger partial charge on any atom is -0.494 e. The highest BCUT2D eigenvalue weighted by atomic mass is 35.5. The molecule has 0 atom stereocenters. The smallest absolute Gasteiger partial charge is 0.253 e. The second kappa shape index (κ2) is 9.60. The quantitative estimate of drug-likeness (QED) is 0.550. The fourth-order valence-electron chi connectivity index (χ4n) is 3.49. The van der Waals surface area contributed by atoms with Crippen LogP contribution in [0.2, 0.25) is 5.02 Å². The fourth-order valence-corrected chi connectivity index (χ4v) is 4.43. The van der Waals surface area contributed by atoms with Gasteiger partial charge in [-0.15, -0.1) is 11.3 Å². The molecule has 0 bridgehead atoms. The Balaban J connectivity index is 1.31. The van der Waals surface area contributed by atoms with E-state index in [1.807, 2.05) is 24.0 Å². The van der Waals surface area contributed by atoms with Crippen molar-refractivity contribution in [2.75, 3.05) is 32.8 Å². The van der Waals surface area contributed by atoms with E-state index in [0.29, 0.717) is 17.2 Å². The molecule has 2 heterocycles. The van der Waals surface area contributed by atoms with Crippen molar-refractivity contribution < 1.29 is 9.53 Å². The number of piperazine rings is 1. The molecule has 0 unspecified atom stereocenters. The van der Waals surface area contributed by atoms with Gasteiger partial charge in [0.15, 0.2) is 0 Å². The first kappa shape index (κ1) is 20.8. The third kappa shape index (κ3) is 5.01. The summed E-state index contributed by atoms with van der Waals surface area (Å²) in [7, 11) is 0. The number of halogens is 1. The molecular formula is C23H24ClN3O2S. The van der Waals surface area contributed by atoms with Gasteiger partial charge < -0.3 is 9.64 Å². The average Bonchev–Trinajstić information content (AvgIpc) is 3.23. The first-order valence-corrected chi connectivity index (χ1v) is 11.3. The Kier molecular flexibility index (Phi) is 6.67. The van der Waals surface area contributed by atoms with E-state index < -0.39 is 0 Å². The minimum atomic E-state index is 0.0674. The molecule has 156 valence electrons. The second-order valence-corrected chi connectivity index (χ2v) is 8.47. The number of nitrogens with zero attached hydrogens (tertiary/aromatic N) is 3. The van der Waals surface area contributed by atoms with Crippen molar-refractivity contribution in [3.63, 3.8) is 0 Å². The van der Waals surface area contributed by atoms with Gasteiger partial charge in [-0.2, -0.15) is 0 Å². The van der Waals surface area contributed by atoms with Crippen LogP contribution in [0, 0.1) is 0 Å². The highest BCUT2D eigenvalue weighted by Gasteiger charge is 2.22. The minimum absolute atomic E-state index is 0.0674. The molecule has 0 spiro atoms. The molecule has 1 aliphatic heterocycles. The van der Waals surface area contributed by atoms with E-state index in [9.17, 15) is 4.79 Å². The zero-order valence-electron chi connectivity index (χ0n) is 16.9. The summed E-state index contributed by atoms with van der Waals surface area (Å²) in [6.45, 7) is 6.57. The monoisotopic (exact) mass is 441 g/mol. The Morgan fingerprint density at radius 3 is 2.43 bits per heavy atom. The maximum absolute atomic E-state index is 12.6. The number of rotatable bonds is 6. The molecule has 1 saturated heterocycles. The summed E-state index contributed by atoms with van der Waals surface area (Å²) < 4.78 is 5.50. The van der Waals surface area contributed by atoms with E-state index in [0.717, 1.165) is 54.7 Å². The number of carbonyl (C=O) groups excluding carboxylic acids is 1. The lowest BCUT2D eigenvalue weighted by molar-refractivity contribution is 0.0627. The molecule has 30 heavy (non-hydrogen) atoms. The summed E-state index contributed by atoms with van der Waals surface area (Å²) in [5.41, 5.74) is 2.86. The van der Waals surface area contributed by atoms with E-state index >= 15 is 0 Å². The normalized spacial score (nSPS) is 14.7. The molecule has 0 saturated carbocycles. The SMILES string of the molecule is CCOc1ccc(-c2nc(CN3CCN(C(=O)c4ccc(Cl)cc4)CC3)cs2)cc1. The van der Waals surface area contributed by atoms with Gasteiger partial charge in [0.2, 0.25) is 0 Å². The van der Waals surface area contributed by atoms with Crippen LogP contribution in [0.1, 0.15) is 23.0 Å². The van der Waals surface area contributed by atoms with E-state index in [1.165, 1.54) is 0 Å². The molecule has 4 rings (SSSR count). The number of aromatic nitrogens is 1. The molecular weight excluding hydrogens is 418 g/mol. The number of thiazole rings is 1. The maximum atomic E-state index is 12.6. The molecule has 1 aliphatic rings. The zero-order chi connectivity index (χ0) is 20.9. The first-order chi connectivity index (χ1) is 14.6. The van der Waals surface area contributed by atoms with Crippen LogP contribution < -0.4 is 4.74 Å². The molecule has 1 amide bonds. The molecule has 5 nitrogen and oxygen atoms in total. The van der Waals surface area contributed by atoms with Crippen LogP contribution in [-0.2, 0) is 6.54 Å². The summed E-state index contributed by atoms with van der Waals surface area (Å²) in [6.07, 6.45) is 0. The van der Waals surface area contributed by atoms with Crippen molar-refractivity contribution in [3.8, 4) is 16.3 Å². The topological polar surface area (TPSA) is 45.7 Å². The fraction of sp³-hybridized carbons (Fsp3) is 0.304. The van der Waals surface area contributed by atoms with Gasteiger partial charge in [-0.1, -0.05) is 11.6 Å². The molecule has 3 aromatic rings. The third-order valence-corrected chi connectivity index (χ3v) is 6.29. The van der Waals surface area contributed by atoms with Crippen LogP contribution in [-0.4, -0.2) is 53.5 Å². The standard InChI is InChI=1S/C23H24ClN3O2S/c1-2-29-21-9-5-17(6-10-21)22-25-20(16-30-22)15-26-11-13-27(14-12-26)23(28)18-3-7-19(24)8-4-18/h3-10,16H,2,11-15H2,1H3. The van der Waals surface area contributed by atoms with Gasteiger partial charge in [0.25, 0.3) is 5.91 Å². The van der Waals surface area contributed by atoms with Crippen molar-refractivity contribution in [2.24, 2.45) is 0 Å². The molecule has 0 aliphatic carbocycles. The van der Waals surface area contributed by atoms with Gasteiger partial charge in [-0.3, -0.25) is 9.69 Å². The molecule has 1 aromatic heterocycles. The summed E-state index contributed by atoms with van der Waals surface area (Å²) in [5.74, 6) is 0.946. The second-order valence-electron chi connectivity index (χ2n) is 7.18. The molecule has 2 aromatic carbocycles. The number of benzene rings is 2. The Hall–Kier alpha value is -2.41. The van der Waals surface area contributed by atoms with Crippen molar-refractivity contribution >= 4 is 28.8 Å². The number of hydrogen-bond acceptors (Lipinski definition) is 5. The van der Waals surface area contributed by atoms with Gasteiger partial charge in [-0.25, -0.2) is 4.98 Å². The lowest BCUT2D eigenvalue weighted by Gasteiger charge is -2.34. The number of amides is 1. The van der Waals surface area contributed by atoms with E-state index in [-0.39, 0.29) is 5.91 Å². The van der Waals surface area contributed by atoms with Crippen molar-refractivity contribution in [1.29, 1.82) is 0 Å². The largest absolute Gasteiger partial charge is 0.494 e. The summed E-state index contributed by atoms with van der Waals surface area (Å²) >= 11 is 7.58. The molecule has 1 fully saturated rings. The Morgan fingerprint density at radius 2 is 1.77 bits per heavy atom. The Bertz CT molecular complexity index is 980. The van der Waals surface area contributed by atoms with Gasteiger partial charge >= 0.3 is 0 Å². The zero-order valence-corrected chi connectivity index (χ0v) is 18.5. The van der Waals surface area contributed by atoms with Crippen molar-refractivity contribution in [2.45, 2.75) is 13.5 Å². The van der Waals surface area contributed by atoms with Gasteiger partial charge in [0.1, 0.15) is 10.8 Å². The van der Waals surface area contributed by atoms with E-state index in [4.69, 9.17) is 21.3 Å². The lowest BCUT2D eigenvalue weighted by atomic mass is 10.2. The van der Waals surface area contributed by atoms with Crippen LogP contribution in [0.15, 0.2) is 53.9 Å². The molecule has 0 N–H and O–H groups in total. The van der Waals surface area contributed by atoms with Gasteiger partial charge in [-0.05, 0) is 55.5 Å². The summed E-state index contributed by atoms with van der Waals surface area (Å²) in [4.78, 5) is 21.7. The summed E-state index contributed by atoms with van der Waals surface area (Å²) in [6, 6.07) is 15.2. The highest BCUT2D eigenvalue weighted by molar-refractivity contribution is 7.13. The maximum Gasteiger partial charge on any atom is 0.253 e. The Labute approximate surface area is 185 Å². The number of carbonyl (C=O) groups is 1. The third-order valence-electron chi connectivity index (χ3n) is 5.10. The predicted octanol–water partition coefficient (Wildman–Crippen LogP) is 4.82. The average molecular weight is 442 g/mol. The highest BCUT2D eigenvalue weighted by Crippen LogP contribution is 2.26. The Morgan fingerprint density at radius 1 is 1.07 bits per heavy atom. The van der Waals surface area contributed by atoms with Crippen molar-refractivity contribution in [1.82, 2.24) is 14.8 Å². The van der Waals surface area contributed by atoms with E-state index in [1.54, 1.807) is 35.6 Å². The lowest BCUT2D eigenvalue weighted by Crippen LogP contribution is -2.48. The van der Waals surface area contributed by atoms with Crippen molar-refractivity contribution in [3.05, 3.63) is 70.2 Å². The number of ether oxygens (including phenoxy) is 1. The van der Waals surface area contributed by atoms with Crippen LogP contribution in [0.3, 0.4) is 0 Å². The van der Waals surface area contributed by atoms with Gasteiger partial charge in [0.05, 0.1) is 12.3 Å². The summed E-state index contributed by atoms with van der Waals surface area (Å²) in [5, 5.41) is 3.78. The first-order valence-electron chi connectivity index (χ1n) is 10.1.